The molecule has 9 nitrogen and oxygen atoms in total. The zero-order valence-corrected chi connectivity index (χ0v) is 19.5. The molecule has 2 aromatic rings. The summed E-state index contributed by atoms with van der Waals surface area (Å²) in [6.45, 7) is 6.76. The number of alkyl carbamates (subject to hydrolysis) is 1. The lowest BCUT2D eigenvalue weighted by atomic mass is 10.0. The number of likely N-dealkylation sites (N-methyl/N-ethyl adjacent to an activating group) is 1. The average molecular weight is 458 g/mol. The lowest BCUT2D eigenvalue weighted by Gasteiger charge is -2.30. The minimum Gasteiger partial charge on any atom is -0.508 e. The molecule has 9 heteroatoms. The molecule has 2 aromatic carbocycles. The number of aromatic hydroxyl groups is 1. The smallest absolute Gasteiger partial charge is 0.408 e. The van der Waals surface area contributed by atoms with Crippen LogP contribution >= 0.6 is 0 Å². The molecule has 0 aromatic heterocycles. The van der Waals surface area contributed by atoms with Gasteiger partial charge in [0.2, 0.25) is 5.91 Å². The van der Waals surface area contributed by atoms with E-state index >= 15 is 0 Å². The van der Waals surface area contributed by atoms with E-state index in [2.05, 4.69) is 10.6 Å². The Balaban J connectivity index is 2.24. The summed E-state index contributed by atoms with van der Waals surface area (Å²) >= 11 is 0. The van der Waals surface area contributed by atoms with Crippen molar-refractivity contribution < 1.29 is 29.0 Å². The van der Waals surface area contributed by atoms with Gasteiger partial charge in [-0.3, -0.25) is 9.59 Å². The maximum absolute atomic E-state index is 13.3. The molecule has 0 fully saturated rings. The van der Waals surface area contributed by atoms with Gasteiger partial charge in [-0.05, 0) is 69.7 Å². The zero-order valence-electron chi connectivity index (χ0n) is 19.5. The third-order valence-electron chi connectivity index (χ3n) is 4.57. The van der Waals surface area contributed by atoms with Crippen LogP contribution < -0.4 is 15.4 Å². The number of phenolic OH excluding ortho intramolecular Hbond substituents is 1. The van der Waals surface area contributed by atoms with Gasteiger partial charge in [0, 0.05) is 12.2 Å². The first-order valence-electron chi connectivity index (χ1n) is 10.5. The number of benzene rings is 2. The van der Waals surface area contributed by atoms with Crippen molar-refractivity contribution in [2.24, 2.45) is 0 Å². The fraction of sp³-hybridized carbons (Fsp3) is 0.375. The Morgan fingerprint density at radius 1 is 1.03 bits per heavy atom. The van der Waals surface area contributed by atoms with Crippen molar-refractivity contribution in [3.05, 3.63) is 54.1 Å². The fourth-order valence-electron chi connectivity index (χ4n) is 3.08. The highest BCUT2D eigenvalue weighted by Gasteiger charge is 2.31. The highest BCUT2D eigenvalue weighted by atomic mass is 16.6. The van der Waals surface area contributed by atoms with E-state index < -0.39 is 29.6 Å². The van der Waals surface area contributed by atoms with Gasteiger partial charge in [0.1, 0.15) is 29.7 Å². The lowest BCUT2D eigenvalue weighted by Crippen LogP contribution is -2.46. The van der Waals surface area contributed by atoms with Crippen molar-refractivity contribution in [3.63, 3.8) is 0 Å². The van der Waals surface area contributed by atoms with Crippen LogP contribution in [-0.4, -0.2) is 53.7 Å². The van der Waals surface area contributed by atoms with Crippen LogP contribution in [-0.2, 0) is 14.3 Å². The van der Waals surface area contributed by atoms with Crippen molar-refractivity contribution >= 4 is 23.6 Å². The van der Waals surface area contributed by atoms with Gasteiger partial charge in [-0.25, -0.2) is 4.79 Å². The van der Waals surface area contributed by atoms with Crippen molar-refractivity contribution in [3.8, 4) is 11.5 Å². The van der Waals surface area contributed by atoms with E-state index in [1.807, 2.05) is 0 Å². The van der Waals surface area contributed by atoms with Crippen LogP contribution in [0.15, 0.2) is 48.5 Å². The predicted molar refractivity (Wildman–Crippen MR) is 124 cm³/mol. The summed E-state index contributed by atoms with van der Waals surface area (Å²) in [5, 5.41) is 14.9. The molecule has 2 rings (SSSR count). The Labute approximate surface area is 193 Å². The monoisotopic (exact) mass is 457 g/mol. The Bertz CT molecular complexity index is 952. The molecule has 0 heterocycles. The highest BCUT2D eigenvalue weighted by Crippen LogP contribution is 2.25. The van der Waals surface area contributed by atoms with E-state index in [0.717, 1.165) is 0 Å². The van der Waals surface area contributed by atoms with E-state index in [4.69, 9.17) is 9.47 Å². The van der Waals surface area contributed by atoms with Crippen LogP contribution in [0.4, 0.5) is 10.5 Å². The second-order valence-corrected chi connectivity index (χ2v) is 8.25. The number of carbonyl (C=O) groups excluding carboxylic acids is 3. The topological polar surface area (TPSA) is 117 Å². The maximum Gasteiger partial charge on any atom is 0.408 e. The van der Waals surface area contributed by atoms with E-state index in [0.29, 0.717) is 17.0 Å². The van der Waals surface area contributed by atoms with Gasteiger partial charge in [0.15, 0.2) is 0 Å². The molecule has 0 aliphatic carbocycles. The van der Waals surface area contributed by atoms with Crippen LogP contribution in [0.2, 0.25) is 0 Å². The Morgan fingerprint density at radius 2 is 1.64 bits per heavy atom. The van der Waals surface area contributed by atoms with E-state index in [9.17, 15) is 19.5 Å². The number of nitrogens with zero attached hydrogens (tertiary/aromatic N) is 1. The molecule has 0 spiro atoms. The molecular weight excluding hydrogens is 426 g/mol. The summed E-state index contributed by atoms with van der Waals surface area (Å²) in [6, 6.07) is 11.8. The van der Waals surface area contributed by atoms with Crippen molar-refractivity contribution in [1.29, 1.82) is 0 Å². The summed E-state index contributed by atoms with van der Waals surface area (Å²) in [7, 11) is 1.55. The zero-order chi connectivity index (χ0) is 24.6. The minimum atomic E-state index is -0.995. The molecule has 178 valence electrons. The number of methoxy groups -OCH3 is 1. The van der Waals surface area contributed by atoms with Gasteiger partial charge in [-0.15, -0.1) is 0 Å². The van der Waals surface area contributed by atoms with Gasteiger partial charge in [-0.1, -0.05) is 12.1 Å². The van der Waals surface area contributed by atoms with E-state index in [-0.39, 0.29) is 18.8 Å². The molecule has 0 bridgehead atoms. The quantitative estimate of drug-likeness (QED) is 0.559. The molecule has 0 saturated heterocycles. The molecule has 0 radical (unpaired) electrons. The first-order chi connectivity index (χ1) is 15.5. The first-order valence-corrected chi connectivity index (χ1v) is 10.5. The fourth-order valence-corrected chi connectivity index (χ4v) is 3.08. The van der Waals surface area contributed by atoms with Crippen LogP contribution in [0.3, 0.4) is 0 Å². The molecule has 1 atom stereocenters. The van der Waals surface area contributed by atoms with Crippen molar-refractivity contribution in [2.45, 2.75) is 39.3 Å². The minimum absolute atomic E-state index is 0.0361. The van der Waals surface area contributed by atoms with Gasteiger partial charge in [-0.2, -0.15) is 0 Å². The predicted octanol–water partition coefficient (Wildman–Crippen LogP) is 3.45. The number of amides is 3. The second kappa shape index (κ2) is 11.2. The van der Waals surface area contributed by atoms with Gasteiger partial charge < -0.3 is 30.1 Å². The average Bonchev–Trinajstić information content (AvgIpc) is 2.76. The molecule has 0 aliphatic heterocycles. The van der Waals surface area contributed by atoms with Crippen LogP contribution in [0.25, 0.3) is 0 Å². The second-order valence-electron chi connectivity index (χ2n) is 8.25. The lowest BCUT2D eigenvalue weighted by molar-refractivity contribution is -0.138. The number of phenols is 1. The summed E-state index contributed by atoms with van der Waals surface area (Å²) in [5.41, 5.74) is 0.330. The highest BCUT2D eigenvalue weighted by molar-refractivity contribution is 5.98. The molecule has 0 saturated carbocycles. The number of anilines is 1. The van der Waals surface area contributed by atoms with Crippen LogP contribution in [0.1, 0.15) is 39.3 Å². The number of ether oxygens (including phenoxy) is 2. The van der Waals surface area contributed by atoms with E-state index in [1.54, 1.807) is 71.2 Å². The summed E-state index contributed by atoms with van der Waals surface area (Å²) in [4.78, 5) is 39.6. The number of hydrogen-bond acceptors (Lipinski definition) is 6. The molecule has 3 amide bonds. The molecule has 0 aliphatic rings. The third kappa shape index (κ3) is 7.71. The number of rotatable bonds is 8. The number of carbonyl (C=O) groups is 3. The van der Waals surface area contributed by atoms with Crippen molar-refractivity contribution in [2.75, 3.05) is 25.5 Å². The molecule has 3 N–H and O–H groups in total. The largest absolute Gasteiger partial charge is 0.508 e. The van der Waals surface area contributed by atoms with Crippen LogP contribution in [0.5, 0.6) is 11.5 Å². The Morgan fingerprint density at radius 3 is 2.15 bits per heavy atom. The third-order valence-corrected chi connectivity index (χ3v) is 4.57. The normalized spacial score (nSPS) is 11.8. The Kier molecular flexibility index (Phi) is 8.67. The molecular formula is C24H31N3O6. The standard InChI is InChI=1S/C24H31N3O6/c1-6-27(20(29)15-25-23(31)33-24(2,3)4)21(16-7-11-18(28)12-8-16)22(30)26-17-9-13-19(32-5)14-10-17/h7-14,21,28H,6,15H2,1-5H3,(H,25,31)(H,26,30). The van der Waals surface area contributed by atoms with E-state index in [1.165, 1.54) is 17.0 Å². The van der Waals surface area contributed by atoms with Crippen LogP contribution in [0, 0.1) is 0 Å². The summed E-state index contributed by atoms with van der Waals surface area (Å²) in [5.74, 6) is -0.236. The van der Waals surface area contributed by atoms with Gasteiger partial charge in [0.05, 0.1) is 7.11 Å². The molecule has 33 heavy (non-hydrogen) atoms. The van der Waals surface area contributed by atoms with Gasteiger partial charge in [0.25, 0.3) is 5.91 Å². The summed E-state index contributed by atoms with van der Waals surface area (Å²) < 4.78 is 10.3. The Hall–Kier alpha value is -3.75. The molecule has 1 unspecified atom stereocenters. The summed E-state index contributed by atoms with van der Waals surface area (Å²) in [6.07, 6.45) is -0.726. The number of nitrogens with one attached hydrogen (secondary N) is 2. The first kappa shape index (κ1) is 25.5. The SMILES string of the molecule is CCN(C(=O)CNC(=O)OC(C)(C)C)C(C(=O)Nc1ccc(OC)cc1)c1ccc(O)cc1. The van der Waals surface area contributed by atoms with Crippen molar-refractivity contribution in [1.82, 2.24) is 10.2 Å². The number of hydrogen-bond donors (Lipinski definition) is 3. The van der Waals surface area contributed by atoms with Gasteiger partial charge >= 0.3 is 6.09 Å². The maximum atomic E-state index is 13.3.